The molecular weight excluding hydrogens is 228 g/mol. The molecule has 2 aliphatic rings. The Morgan fingerprint density at radius 3 is 2.89 bits per heavy atom. The predicted molar refractivity (Wildman–Crippen MR) is 68.6 cm³/mol. The van der Waals surface area contributed by atoms with E-state index < -0.39 is 0 Å². The third-order valence-corrected chi connectivity index (χ3v) is 4.35. The molecule has 2 atom stereocenters. The SMILES string of the molecule is CNC1COCC1c1nncn1C1CCCCC1. The maximum Gasteiger partial charge on any atom is 0.140 e. The maximum atomic E-state index is 5.58. The van der Waals surface area contributed by atoms with Gasteiger partial charge in [-0.25, -0.2) is 0 Å². The van der Waals surface area contributed by atoms with Gasteiger partial charge >= 0.3 is 0 Å². The van der Waals surface area contributed by atoms with Gasteiger partial charge in [0.15, 0.2) is 0 Å². The van der Waals surface area contributed by atoms with E-state index in [1.807, 2.05) is 13.4 Å². The van der Waals surface area contributed by atoms with Crippen molar-refractivity contribution in [1.82, 2.24) is 20.1 Å². The van der Waals surface area contributed by atoms with Crippen LogP contribution in [-0.4, -0.2) is 41.1 Å². The summed E-state index contributed by atoms with van der Waals surface area (Å²) >= 11 is 0. The van der Waals surface area contributed by atoms with E-state index in [4.69, 9.17) is 4.74 Å². The summed E-state index contributed by atoms with van der Waals surface area (Å²) in [5.41, 5.74) is 0. The highest BCUT2D eigenvalue weighted by atomic mass is 16.5. The standard InChI is InChI=1S/C13H22N4O/c1-14-12-8-18-7-11(12)13-16-15-9-17(13)10-5-3-2-4-6-10/h9-12,14H,2-8H2,1H3. The lowest BCUT2D eigenvalue weighted by Crippen LogP contribution is -2.33. The van der Waals surface area contributed by atoms with Crippen LogP contribution >= 0.6 is 0 Å². The van der Waals surface area contributed by atoms with Crippen molar-refractivity contribution in [2.45, 2.75) is 50.1 Å². The predicted octanol–water partition coefficient (Wildman–Crippen LogP) is 1.49. The molecule has 0 radical (unpaired) electrons. The molecule has 18 heavy (non-hydrogen) atoms. The van der Waals surface area contributed by atoms with Crippen molar-refractivity contribution in [2.24, 2.45) is 0 Å². The van der Waals surface area contributed by atoms with E-state index >= 15 is 0 Å². The zero-order valence-corrected chi connectivity index (χ0v) is 11.0. The third-order valence-electron chi connectivity index (χ3n) is 4.35. The first kappa shape index (κ1) is 12.1. The Labute approximate surface area is 108 Å². The van der Waals surface area contributed by atoms with Crippen LogP contribution in [0.4, 0.5) is 0 Å². The van der Waals surface area contributed by atoms with Crippen LogP contribution in [0.15, 0.2) is 6.33 Å². The molecule has 2 unspecified atom stereocenters. The van der Waals surface area contributed by atoms with Gasteiger partial charge in [0.1, 0.15) is 12.2 Å². The second-order valence-corrected chi connectivity index (χ2v) is 5.43. The summed E-state index contributed by atoms with van der Waals surface area (Å²) in [5.74, 6) is 1.46. The number of nitrogens with one attached hydrogen (secondary N) is 1. The van der Waals surface area contributed by atoms with Crippen LogP contribution < -0.4 is 5.32 Å². The van der Waals surface area contributed by atoms with E-state index in [0.717, 1.165) is 19.0 Å². The summed E-state index contributed by atoms with van der Waals surface area (Å²) in [6.45, 7) is 1.54. The molecule has 0 spiro atoms. The highest BCUT2D eigenvalue weighted by Gasteiger charge is 2.33. The molecule has 1 aromatic heterocycles. The second kappa shape index (κ2) is 5.36. The Morgan fingerprint density at radius 1 is 1.28 bits per heavy atom. The van der Waals surface area contributed by atoms with Crippen LogP contribution in [0, 0.1) is 0 Å². The first-order chi connectivity index (χ1) is 8.90. The van der Waals surface area contributed by atoms with E-state index in [-0.39, 0.29) is 0 Å². The lowest BCUT2D eigenvalue weighted by Gasteiger charge is -2.26. The van der Waals surface area contributed by atoms with Crippen molar-refractivity contribution in [1.29, 1.82) is 0 Å². The molecule has 1 N–H and O–H groups in total. The van der Waals surface area contributed by atoms with E-state index in [2.05, 4.69) is 20.1 Å². The lowest BCUT2D eigenvalue weighted by atomic mass is 9.94. The van der Waals surface area contributed by atoms with E-state index in [1.165, 1.54) is 32.1 Å². The number of aromatic nitrogens is 3. The molecule has 0 aromatic carbocycles. The number of rotatable bonds is 3. The smallest absolute Gasteiger partial charge is 0.140 e. The van der Waals surface area contributed by atoms with Gasteiger partial charge in [-0.05, 0) is 19.9 Å². The fourth-order valence-corrected chi connectivity index (χ4v) is 3.25. The van der Waals surface area contributed by atoms with Crippen LogP contribution in [0.1, 0.15) is 49.9 Å². The van der Waals surface area contributed by atoms with Crippen LogP contribution in [0.3, 0.4) is 0 Å². The molecule has 5 heteroatoms. The first-order valence-corrected chi connectivity index (χ1v) is 7.04. The average Bonchev–Trinajstić information content (AvgIpc) is 3.07. The van der Waals surface area contributed by atoms with Crippen LogP contribution in [0.2, 0.25) is 0 Å². The minimum atomic E-state index is 0.347. The van der Waals surface area contributed by atoms with Gasteiger partial charge in [-0.15, -0.1) is 10.2 Å². The Bertz CT molecular complexity index is 386. The van der Waals surface area contributed by atoms with Gasteiger partial charge in [-0.1, -0.05) is 19.3 Å². The van der Waals surface area contributed by atoms with Gasteiger partial charge in [0.2, 0.25) is 0 Å². The Morgan fingerprint density at radius 2 is 2.11 bits per heavy atom. The van der Waals surface area contributed by atoms with E-state index in [9.17, 15) is 0 Å². The van der Waals surface area contributed by atoms with E-state index in [1.54, 1.807) is 0 Å². The number of ether oxygens (including phenoxy) is 1. The van der Waals surface area contributed by atoms with Crippen molar-refractivity contribution in [2.75, 3.05) is 20.3 Å². The minimum absolute atomic E-state index is 0.347. The molecule has 1 saturated carbocycles. The van der Waals surface area contributed by atoms with Gasteiger partial charge in [-0.3, -0.25) is 0 Å². The molecule has 1 aromatic rings. The maximum absolute atomic E-state index is 5.58. The number of hydrogen-bond donors (Lipinski definition) is 1. The summed E-state index contributed by atoms with van der Waals surface area (Å²) in [4.78, 5) is 0. The molecule has 3 rings (SSSR count). The number of nitrogens with zero attached hydrogens (tertiary/aromatic N) is 3. The third kappa shape index (κ3) is 2.17. The molecular formula is C13H22N4O. The normalized spacial score (nSPS) is 29.8. The Hall–Kier alpha value is -0.940. The van der Waals surface area contributed by atoms with Crippen LogP contribution in [0.25, 0.3) is 0 Å². The van der Waals surface area contributed by atoms with Crippen LogP contribution in [-0.2, 0) is 4.74 Å². The molecule has 0 bridgehead atoms. The summed E-state index contributed by atoms with van der Waals surface area (Å²) in [5, 5.41) is 11.8. The summed E-state index contributed by atoms with van der Waals surface area (Å²) in [6, 6.07) is 0.971. The second-order valence-electron chi connectivity index (χ2n) is 5.43. The zero-order chi connectivity index (χ0) is 12.4. The topological polar surface area (TPSA) is 52.0 Å². The quantitative estimate of drug-likeness (QED) is 0.883. The summed E-state index contributed by atoms with van der Waals surface area (Å²) < 4.78 is 7.89. The first-order valence-electron chi connectivity index (χ1n) is 7.04. The Balaban J connectivity index is 1.81. The van der Waals surface area contributed by atoms with Crippen molar-refractivity contribution in [3.63, 3.8) is 0 Å². The van der Waals surface area contributed by atoms with E-state index in [0.29, 0.717) is 18.0 Å². The monoisotopic (exact) mass is 250 g/mol. The molecule has 0 amide bonds. The minimum Gasteiger partial charge on any atom is -0.379 e. The van der Waals surface area contributed by atoms with Gasteiger partial charge in [0.05, 0.1) is 19.1 Å². The number of hydrogen-bond acceptors (Lipinski definition) is 4. The highest BCUT2D eigenvalue weighted by molar-refractivity contribution is 5.06. The fraction of sp³-hybridized carbons (Fsp3) is 0.846. The molecule has 1 saturated heterocycles. The van der Waals surface area contributed by atoms with Gasteiger partial charge in [-0.2, -0.15) is 0 Å². The van der Waals surface area contributed by atoms with Gasteiger partial charge < -0.3 is 14.6 Å². The average molecular weight is 250 g/mol. The van der Waals surface area contributed by atoms with Crippen LogP contribution in [0.5, 0.6) is 0 Å². The van der Waals surface area contributed by atoms with Crippen molar-refractivity contribution in [3.8, 4) is 0 Å². The highest BCUT2D eigenvalue weighted by Crippen LogP contribution is 2.32. The molecule has 5 nitrogen and oxygen atoms in total. The van der Waals surface area contributed by atoms with Gasteiger partial charge in [0.25, 0.3) is 0 Å². The molecule has 2 fully saturated rings. The molecule has 2 heterocycles. The van der Waals surface area contributed by atoms with Crippen molar-refractivity contribution < 1.29 is 4.74 Å². The van der Waals surface area contributed by atoms with Crippen molar-refractivity contribution >= 4 is 0 Å². The Kier molecular flexibility index (Phi) is 3.61. The molecule has 100 valence electrons. The molecule has 1 aliphatic carbocycles. The summed E-state index contributed by atoms with van der Waals surface area (Å²) in [7, 11) is 1.99. The zero-order valence-electron chi connectivity index (χ0n) is 11.0. The van der Waals surface area contributed by atoms with Gasteiger partial charge in [0, 0.05) is 12.1 Å². The lowest BCUT2D eigenvalue weighted by molar-refractivity contribution is 0.187. The summed E-state index contributed by atoms with van der Waals surface area (Å²) in [6.07, 6.45) is 8.49. The van der Waals surface area contributed by atoms with Crippen molar-refractivity contribution in [3.05, 3.63) is 12.2 Å². The number of likely N-dealkylation sites (N-methyl/N-ethyl adjacent to an activating group) is 1. The largest absolute Gasteiger partial charge is 0.379 e. The fourth-order valence-electron chi connectivity index (χ4n) is 3.25. The molecule has 1 aliphatic heterocycles.